The number of carbonyl (C=O) groups is 1. The molecule has 7 heteroatoms. The van der Waals surface area contributed by atoms with Gasteiger partial charge in [0, 0.05) is 17.9 Å². The van der Waals surface area contributed by atoms with E-state index >= 15 is 0 Å². The molecular formula is C22H20O7. The fraction of sp³-hybridized carbons (Fsp3) is 0.318. The molecule has 0 fully saturated rings. The largest absolute Gasteiger partial charge is 0.493 e. The summed E-state index contributed by atoms with van der Waals surface area (Å²) in [5.74, 6) is 2.58. The number of hydrogen-bond donors (Lipinski definition) is 0. The van der Waals surface area contributed by atoms with Gasteiger partial charge in [-0.25, -0.2) is 4.79 Å². The Morgan fingerprint density at radius 2 is 1.59 bits per heavy atom. The number of fused-ring (bicyclic) bond motifs is 2. The number of rotatable bonds is 4. The maximum absolute atomic E-state index is 12.4. The van der Waals surface area contributed by atoms with Gasteiger partial charge in [0.05, 0.1) is 21.3 Å². The maximum Gasteiger partial charge on any atom is 0.334 e. The van der Waals surface area contributed by atoms with Crippen molar-refractivity contribution in [3.63, 3.8) is 0 Å². The molecule has 0 aromatic heterocycles. The molecule has 0 N–H and O–H groups in total. The summed E-state index contributed by atoms with van der Waals surface area (Å²) in [6.45, 7) is 0.464. The van der Waals surface area contributed by atoms with E-state index in [2.05, 4.69) is 0 Å². The summed E-state index contributed by atoms with van der Waals surface area (Å²) in [6.07, 6.45) is 0.515. The summed E-state index contributed by atoms with van der Waals surface area (Å²) in [4.78, 5) is 12.4. The molecule has 3 aliphatic rings. The standard InChI is InChI=1S/C22H20O7/c1-24-18-6-12(7-19(25-2)21(18)26-3)20-13-8-17-16(28-10-29-17)5-11(13)4-14-15(20)9-27-22(14)23/h5-8,20H,4,9-10H2,1-3H3/t20-/m1/s1. The highest BCUT2D eigenvalue weighted by Gasteiger charge is 2.39. The van der Waals surface area contributed by atoms with E-state index in [-0.39, 0.29) is 25.3 Å². The van der Waals surface area contributed by atoms with Crippen LogP contribution in [0.1, 0.15) is 22.6 Å². The highest BCUT2D eigenvalue weighted by atomic mass is 16.7. The third-order valence-corrected chi connectivity index (χ3v) is 5.67. The second kappa shape index (κ2) is 6.62. The number of benzene rings is 2. The zero-order valence-corrected chi connectivity index (χ0v) is 16.4. The minimum Gasteiger partial charge on any atom is -0.493 e. The quantitative estimate of drug-likeness (QED) is 0.736. The second-order valence-corrected chi connectivity index (χ2v) is 7.05. The first-order valence-corrected chi connectivity index (χ1v) is 9.26. The molecule has 0 unspecified atom stereocenters. The summed E-state index contributed by atoms with van der Waals surface area (Å²) in [5, 5.41) is 0. The first-order valence-electron chi connectivity index (χ1n) is 9.26. The molecule has 29 heavy (non-hydrogen) atoms. The monoisotopic (exact) mass is 396 g/mol. The summed E-state index contributed by atoms with van der Waals surface area (Å²) < 4.78 is 33.1. The molecule has 2 heterocycles. The second-order valence-electron chi connectivity index (χ2n) is 7.05. The first-order chi connectivity index (χ1) is 14.1. The van der Waals surface area contributed by atoms with Crippen LogP contribution in [0.4, 0.5) is 0 Å². The van der Waals surface area contributed by atoms with Gasteiger partial charge in [-0.1, -0.05) is 0 Å². The number of ether oxygens (including phenoxy) is 6. The number of methoxy groups -OCH3 is 3. The van der Waals surface area contributed by atoms with Crippen molar-refractivity contribution >= 4 is 5.97 Å². The normalized spacial score (nSPS) is 18.9. The lowest BCUT2D eigenvalue weighted by atomic mass is 9.75. The van der Waals surface area contributed by atoms with Crippen molar-refractivity contribution in [3.05, 3.63) is 52.1 Å². The Balaban J connectivity index is 1.73. The van der Waals surface area contributed by atoms with Crippen molar-refractivity contribution in [1.82, 2.24) is 0 Å². The molecule has 0 spiro atoms. The van der Waals surface area contributed by atoms with Crippen LogP contribution < -0.4 is 23.7 Å². The van der Waals surface area contributed by atoms with Gasteiger partial charge in [0.1, 0.15) is 6.61 Å². The van der Waals surface area contributed by atoms with E-state index in [0.717, 1.165) is 22.3 Å². The summed E-state index contributed by atoms with van der Waals surface area (Å²) in [7, 11) is 4.74. The van der Waals surface area contributed by atoms with Crippen LogP contribution in [0.3, 0.4) is 0 Å². The molecule has 1 atom stereocenters. The maximum atomic E-state index is 12.4. The molecule has 0 saturated heterocycles. The van der Waals surface area contributed by atoms with E-state index in [1.54, 1.807) is 21.3 Å². The molecule has 2 aliphatic heterocycles. The molecule has 2 aromatic carbocycles. The van der Waals surface area contributed by atoms with Crippen LogP contribution in [-0.2, 0) is 16.0 Å². The van der Waals surface area contributed by atoms with Crippen molar-refractivity contribution < 1.29 is 33.2 Å². The molecular weight excluding hydrogens is 376 g/mol. The predicted molar refractivity (Wildman–Crippen MR) is 102 cm³/mol. The van der Waals surface area contributed by atoms with Crippen molar-refractivity contribution in [2.75, 3.05) is 34.7 Å². The lowest BCUT2D eigenvalue weighted by Crippen LogP contribution is -2.17. The van der Waals surface area contributed by atoms with Gasteiger partial charge in [0.2, 0.25) is 12.5 Å². The predicted octanol–water partition coefficient (Wildman–Crippen LogP) is 2.98. The Bertz CT molecular complexity index is 1030. The number of cyclic esters (lactones) is 1. The minimum atomic E-state index is -0.263. The molecule has 7 nitrogen and oxygen atoms in total. The third kappa shape index (κ3) is 2.61. The van der Waals surface area contributed by atoms with E-state index < -0.39 is 0 Å². The topological polar surface area (TPSA) is 72.5 Å². The SMILES string of the molecule is COc1cc([C@H]2C3=C(Cc4cc5c(cc42)OCO5)C(=O)OC3)cc(OC)c1OC. The summed E-state index contributed by atoms with van der Waals surface area (Å²) in [5.41, 5.74) is 4.65. The smallest absolute Gasteiger partial charge is 0.334 e. The minimum absolute atomic E-state index is 0.191. The highest BCUT2D eigenvalue weighted by Crippen LogP contribution is 2.50. The molecule has 0 saturated carbocycles. The zero-order valence-electron chi connectivity index (χ0n) is 16.4. The Kier molecular flexibility index (Phi) is 4.04. The Hall–Kier alpha value is -3.35. The van der Waals surface area contributed by atoms with E-state index in [0.29, 0.717) is 40.7 Å². The molecule has 150 valence electrons. The third-order valence-electron chi connectivity index (χ3n) is 5.67. The van der Waals surface area contributed by atoms with Crippen molar-refractivity contribution in [2.45, 2.75) is 12.3 Å². The van der Waals surface area contributed by atoms with E-state index in [1.165, 1.54) is 0 Å². The molecule has 1 aliphatic carbocycles. The Morgan fingerprint density at radius 1 is 0.897 bits per heavy atom. The van der Waals surface area contributed by atoms with Crippen LogP contribution >= 0.6 is 0 Å². The highest BCUT2D eigenvalue weighted by molar-refractivity contribution is 5.94. The summed E-state index contributed by atoms with van der Waals surface area (Å²) in [6, 6.07) is 7.79. The van der Waals surface area contributed by atoms with Crippen LogP contribution in [-0.4, -0.2) is 40.7 Å². The molecule has 0 bridgehead atoms. The Morgan fingerprint density at radius 3 is 2.24 bits per heavy atom. The van der Waals surface area contributed by atoms with Crippen LogP contribution in [0.25, 0.3) is 0 Å². The van der Waals surface area contributed by atoms with Gasteiger partial charge in [-0.15, -0.1) is 0 Å². The summed E-state index contributed by atoms with van der Waals surface area (Å²) >= 11 is 0. The average molecular weight is 396 g/mol. The van der Waals surface area contributed by atoms with Gasteiger partial charge in [-0.2, -0.15) is 0 Å². The van der Waals surface area contributed by atoms with E-state index in [1.807, 2.05) is 24.3 Å². The van der Waals surface area contributed by atoms with Gasteiger partial charge < -0.3 is 28.4 Å². The fourth-order valence-corrected chi connectivity index (χ4v) is 4.34. The van der Waals surface area contributed by atoms with Gasteiger partial charge in [-0.3, -0.25) is 0 Å². The molecule has 2 aromatic rings. The van der Waals surface area contributed by atoms with Crippen molar-refractivity contribution in [2.24, 2.45) is 0 Å². The van der Waals surface area contributed by atoms with Crippen LogP contribution in [0, 0.1) is 0 Å². The van der Waals surface area contributed by atoms with Gasteiger partial charge >= 0.3 is 5.97 Å². The van der Waals surface area contributed by atoms with Gasteiger partial charge in [0.15, 0.2) is 23.0 Å². The van der Waals surface area contributed by atoms with Crippen molar-refractivity contribution in [1.29, 1.82) is 0 Å². The lowest BCUT2D eigenvalue weighted by molar-refractivity contribution is -0.136. The first kappa shape index (κ1) is 17.7. The molecule has 0 amide bonds. The fourth-order valence-electron chi connectivity index (χ4n) is 4.34. The Labute approximate surface area is 167 Å². The average Bonchev–Trinajstić information content (AvgIpc) is 3.35. The van der Waals surface area contributed by atoms with Crippen LogP contribution in [0.2, 0.25) is 0 Å². The van der Waals surface area contributed by atoms with E-state index in [4.69, 9.17) is 28.4 Å². The number of hydrogen-bond acceptors (Lipinski definition) is 7. The lowest BCUT2D eigenvalue weighted by Gasteiger charge is -2.28. The zero-order chi connectivity index (χ0) is 20.1. The molecule has 5 rings (SSSR count). The van der Waals surface area contributed by atoms with Crippen molar-refractivity contribution in [3.8, 4) is 28.7 Å². The van der Waals surface area contributed by atoms with Gasteiger partial charge in [-0.05, 0) is 46.5 Å². The van der Waals surface area contributed by atoms with Crippen LogP contribution in [0.15, 0.2) is 35.4 Å². The number of carbonyl (C=O) groups excluding carboxylic acids is 1. The van der Waals surface area contributed by atoms with Crippen LogP contribution in [0.5, 0.6) is 28.7 Å². The molecule has 0 radical (unpaired) electrons. The van der Waals surface area contributed by atoms with Gasteiger partial charge in [0.25, 0.3) is 0 Å². The number of esters is 1. The van der Waals surface area contributed by atoms with E-state index in [9.17, 15) is 4.79 Å².